The third-order valence-electron chi connectivity index (χ3n) is 6.92. The number of nitrogens with one attached hydrogen (secondary N) is 1. The summed E-state index contributed by atoms with van der Waals surface area (Å²) < 4.78 is 31.0. The lowest BCUT2D eigenvalue weighted by Crippen LogP contribution is -2.62. The van der Waals surface area contributed by atoms with E-state index in [4.69, 9.17) is 9.47 Å². The molecule has 7 nitrogen and oxygen atoms in total. The SMILES string of the molecule is COC(=O)c1ccc(C2(NC(=O)C3(N(C)CCOc4ccccc4)CCOCC3)CC2)c(F)c1. The first-order chi connectivity index (χ1) is 16.4. The van der Waals surface area contributed by atoms with E-state index in [9.17, 15) is 14.0 Å². The lowest BCUT2D eigenvalue weighted by atomic mass is 9.86. The van der Waals surface area contributed by atoms with Gasteiger partial charge in [0.25, 0.3) is 0 Å². The summed E-state index contributed by atoms with van der Waals surface area (Å²) in [4.78, 5) is 27.5. The van der Waals surface area contributed by atoms with Crippen LogP contribution in [-0.2, 0) is 19.8 Å². The third kappa shape index (κ3) is 4.93. The maximum absolute atomic E-state index is 15.0. The van der Waals surface area contributed by atoms with E-state index in [1.54, 1.807) is 6.07 Å². The summed E-state index contributed by atoms with van der Waals surface area (Å²) >= 11 is 0. The molecule has 0 radical (unpaired) electrons. The van der Waals surface area contributed by atoms with Crippen molar-refractivity contribution in [1.82, 2.24) is 10.2 Å². The van der Waals surface area contributed by atoms with E-state index in [1.807, 2.05) is 42.3 Å². The summed E-state index contributed by atoms with van der Waals surface area (Å²) in [5.74, 6) is -0.470. The molecule has 1 aliphatic heterocycles. The molecule has 0 unspecified atom stereocenters. The maximum atomic E-state index is 15.0. The number of esters is 1. The average molecular weight is 471 g/mol. The Morgan fingerprint density at radius 3 is 2.41 bits per heavy atom. The van der Waals surface area contributed by atoms with Gasteiger partial charge in [0, 0.05) is 25.3 Å². The highest BCUT2D eigenvalue weighted by molar-refractivity contribution is 5.90. The molecule has 1 saturated carbocycles. The van der Waals surface area contributed by atoms with Gasteiger partial charge in [-0.2, -0.15) is 0 Å². The molecule has 0 bridgehead atoms. The van der Waals surface area contributed by atoms with Crippen LogP contribution in [0.25, 0.3) is 0 Å². The summed E-state index contributed by atoms with van der Waals surface area (Å²) in [6.07, 6.45) is 2.36. The van der Waals surface area contributed by atoms with Crippen LogP contribution in [0.5, 0.6) is 5.75 Å². The fourth-order valence-electron chi connectivity index (χ4n) is 4.59. The second kappa shape index (κ2) is 10.1. The van der Waals surface area contributed by atoms with Crippen molar-refractivity contribution in [3.63, 3.8) is 0 Å². The van der Waals surface area contributed by atoms with Crippen LogP contribution < -0.4 is 10.1 Å². The number of halogens is 1. The molecule has 1 amide bonds. The molecule has 0 atom stereocenters. The number of rotatable bonds is 9. The van der Waals surface area contributed by atoms with E-state index in [1.165, 1.54) is 19.2 Å². The van der Waals surface area contributed by atoms with Crippen molar-refractivity contribution in [2.75, 3.05) is 40.5 Å². The number of amides is 1. The van der Waals surface area contributed by atoms with Crippen LogP contribution >= 0.6 is 0 Å². The zero-order valence-electron chi connectivity index (χ0n) is 19.6. The molecule has 8 heteroatoms. The number of likely N-dealkylation sites (N-methyl/N-ethyl adjacent to an activating group) is 1. The molecular weight excluding hydrogens is 439 g/mol. The molecule has 34 heavy (non-hydrogen) atoms. The van der Waals surface area contributed by atoms with Crippen molar-refractivity contribution in [1.29, 1.82) is 0 Å². The quantitative estimate of drug-likeness (QED) is 0.567. The van der Waals surface area contributed by atoms with Crippen LogP contribution in [0.15, 0.2) is 48.5 Å². The monoisotopic (exact) mass is 470 g/mol. The van der Waals surface area contributed by atoms with Crippen LogP contribution in [0, 0.1) is 5.82 Å². The van der Waals surface area contributed by atoms with Gasteiger partial charge in [-0.25, -0.2) is 9.18 Å². The first kappa shape index (κ1) is 24.2. The van der Waals surface area contributed by atoms with Crippen LogP contribution in [0.4, 0.5) is 4.39 Å². The Balaban J connectivity index is 1.47. The molecule has 1 saturated heterocycles. The normalized spacial score (nSPS) is 18.2. The molecule has 1 aliphatic carbocycles. The van der Waals surface area contributed by atoms with Gasteiger partial charge in [0.1, 0.15) is 23.7 Å². The van der Waals surface area contributed by atoms with E-state index in [2.05, 4.69) is 10.1 Å². The highest BCUT2D eigenvalue weighted by Gasteiger charge is 2.52. The zero-order chi connectivity index (χ0) is 24.2. The predicted molar refractivity (Wildman–Crippen MR) is 124 cm³/mol. The molecule has 2 fully saturated rings. The van der Waals surface area contributed by atoms with Crippen LogP contribution in [-0.4, -0.2) is 62.8 Å². The minimum Gasteiger partial charge on any atom is -0.492 e. The van der Waals surface area contributed by atoms with Gasteiger partial charge in [0.2, 0.25) is 5.91 Å². The molecular formula is C26H31FN2O5. The molecule has 2 aromatic carbocycles. The minimum atomic E-state index is -0.768. The molecule has 0 spiro atoms. The fourth-order valence-corrected chi connectivity index (χ4v) is 4.59. The number of para-hydroxylation sites is 1. The Bertz CT molecular complexity index is 1020. The Labute approximate surface area is 199 Å². The number of methoxy groups -OCH3 is 1. The lowest BCUT2D eigenvalue weighted by molar-refractivity contribution is -0.140. The number of benzene rings is 2. The van der Waals surface area contributed by atoms with E-state index < -0.39 is 22.9 Å². The van der Waals surface area contributed by atoms with Gasteiger partial charge in [-0.1, -0.05) is 24.3 Å². The van der Waals surface area contributed by atoms with Gasteiger partial charge >= 0.3 is 5.97 Å². The summed E-state index contributed by atoms with van der Waals surface area (Å²) in [6, 6.07) is 13.8. The first-order valence-electron chi connectivity index (χ1n) is 11.6. The second-order valence-electron chi connectivity index (χ2n) is 8.95. The number of carbonyl (C=O) groups excluding carboxylic acids is 2. The van der Waals surface area contributed by atoms with E-state index in [-0.39, 0.29) is 11.5 Å². The predicted octanol–water partition coefficient (Wildman–Crippen LogP) is 3.28. The van der Waals surface area contributed by atoms with Crippen LogP contribution in [0.2, 0.25) is 0 Å². The smallest absolute Gasteiger partial charge is 0.337 e. The number of nitrogens with zero attached hydrogens (tertiary/aromatic N) is 1. The van der Waals surface area contributed by atoms with Gasteiger partial charge in [0.15, 0.2) is 0 Å². The number of hydrogen-bond donors (Lipinski definition) is 1. The van der Waals surface area contributed by atoms with Crippen molar-refractivity contribution in [3.05, 3.63) is 65.5 Å². The summed E-state index contributed by atoms with van der Waals surface area (Å²) in [6.45, 7) is 1.95. The number of hydrogen-bond acceptors (Lipinski definition) is 6. The third-order valence-corrected chi connectivity index (χ3v) is 6.92. The molecule has 182 valence electrons. The number of carbonyl (C=O) groups is 2. The molecule has 2 aliphatic rings. The second-order valence-corrected chi connectivity index (χ2v) is 8.95. The number of ether oxygens (including phenoxy) is 3. The van der Waals surface area contributed by atoms with Crippen molar-refractivity contribution < 1.29 is 28.2 Å². The van der Waals surface area contributed by atoms with Gasteiger partial charge < -0.3 is 19.5 Å². The van der Waals surface area contributed by atoms with Crippen molar-refractivity contribution in [2.45, 2.75) is 36.8 Å². The summed E-state index contributed by atoms with van der Waals surface area (Å²) in [5, 5.41) is 3.15. The summed E-state index contributed by atoms with van der Waals surface area (Å²) in [7, 11) is 3.18. The van der Waals surface area contributed by atoms with Crippen molar-refractivity contribution in [2.24, 2.45) is 0 Å². The Kier molecular flexibility index (Phi) is 7.19. The van der Waals surface area contributed by atoms with Crippen molar-refractivity contribution >= 4 is 11.9 Å². The average Bonchev–Trinajstić information content (AvgIpc) is 3.64. The Morgan fingerprint density at radius 1 is 1.09 bits per heavy atom. The van der Waals surface area contributed by atoms with E-state index in [0.29, 0.717) is 57.6 Å². The Hall–Kier alpha value is -2.97. The lowest BCUT2D eigenvalue weighted by Gasteiger charge is -2.43. The van der Waals surface area contributed by atoms with Gasteiger partial charge in [-0.05, 0) is 57.0 Å². The largest absolute Gasteiger partial charge is 0.492 e. The standard InChI is InChI=1S/C26H31FN2O5/c1-29(14-17-34-20-6-4-3-5-7-20)26(12-15-33-16-13-26)24(31)28-25(10-11-25)21-9-8-19(18-22(21)27)23(30)32-2/h3-9,18H,10-17H2,1-2H3,(H,28,31). The van der Waals surface area contributed by atoms with Crippen molar-refractivity contribution in [3.8, 4) is 5.75 Å². The fraction of sp³-hybridized carbons (Fsp3) is 0.462. The highest BCUT2D eigenvalue weighted by Crippen LogP contribution is 2.47. The van der Waals surface area contributed by atoms with Crippen LogP contribution in [0.3, 0.4) is 0 Å². The van der Waals surface area contributed by atoms with Crippen LogP contribution in [0.1, 0.15) is 41.6 Å². The van der Waals surface area contributed by atoms with E-state index in [0.717, 1.165) is 5.75 Å². The molecule has 4 rings (SSSR count). The first-order valence-corrected chi connectivity index (χ1v) is 11.6. The zero-order valence-corrected chi connectivity index (χ0v) is 19.6. The topological polar surface area (TPSA) is 77.1 Å². The van der Waals surface area contributed by atoms with E-state index >= 15 is 0 Å². The molecule has 1 N–H and O–H groups in total. The van der Waals surface area contributed by atoms with Gasteiger partial charge in [0.05, 0.1) is 18.2 Å². The molecule has 2 aromatic rings. The minimum absolute atomic E-state index is 0.132. The molecule has 1 heterocycles. The van der Waals surface area contributed by atoms with Gasteiger partial charge in [-0.3, -0.25) is 9.69 Å². The maximum Gasteiger partial charge on any atom is 0.337 e. The summed E-state index contributed by atoms with van der Waals surface area (Å²) in [5.41, 5.74) is -0.991. The molecule has 0 aromatic heterocycles. The van der Waals surface area contributed by atoms with Gasteiger partial charge in [-0.15, -0.1) is 0 Å². The highest BCUT2D eigenvalue weighted by atomic mass is 19.1. The Morgan fingerprint density at radius 2 is 1.79 bits per heavy atom.